The van der Waals surface area contributed by atoms with Gasteiger partial charge in [0.1, 0.15) is 0 Å². The molecule has 1 amide bonds. The quantitative estimate of drug-likeness (QED) is 0.609. The van der Waals surface area contributed by atoms with Gasteiger partial charge in [0.05, 0.1) is 6.61 Å². The summed E-state index contributed by atoms with van der Waals surface area (Å²) in [6.07, 6.45) is 2.50. The molecule has 0 aliphatic carbocycles. The van der Waals surface area contributed by atoms with Crippen LogP contribution in [0.4, 0.5) is 0 Å². The Kier molecular flexibility index (Phi) is 6.74. The lowest BCUT2D eigenvalue weighted by atomic mass is 10.5. The Morgan fingerprint density at radius 1 is 1.70 bits per heavy atom. The molecular formula is C6H13NO2S. The van der Waals surface area contributed by atoms with Crippen LogP contribution in [0.1, 0.15) is 13.3 Å². The standard InChI is InChI=1S/C6H13NO2S/c1-3-9-7-6(8)4-5-10-2/h3-5H2,1-2H3,(H,7,8). The monoisotopic (exact) mass is 163 g/mol. The molecule has 0 aliphatic heterocycles. The second-order valence-electron chi connectivity index (χ2n) is 1.70. The average molecular weight is 163 g/mol. The molecule has 60 valence electrons. The van der Waals surface area contributed by atoms with Crippen molar-refractivity contribution in [2.24, 2.45) is 0 Å². The highest BCUT2D eigenvalue weighted by Crippen LogP contribution is 1.94. The highest BCUT2D eigenvalue weighted by Gasteiger charge is 1.97. The van der Waals surface area contributed by atoms with Gasteiger partial charge in [-0.2, -0.15) is 11.8 Å². The first kappa shape index (κ1) is 9.78. The van der Waals surface area contributed by atoms with Gasteiger partial charge in [0, 0.05) is 12.2 Å². The van der Waals surface area contributed by atoms with E-state index in [1.54, 1.807) is 11.8 Å². The van der Waals surface area contributed by atoms with Gasteiger partial charge in [0.15, 0.2) is 0 Å². The third-order valence-corrected chi connectivity index (χ3v) is 1.48. The highest BCUT2D eigenvalue weighted by atomic mass is 32.2. The summed E-state index contributed by atoms with van der Waals surface area (Å²) in [4.78, 5) is 15.4. The molecule has 0 bridgehead atoms. The van der Waals surface area contributed by atoms with Crippen LogP contribution >= 0.6 is 11.8 Å². The molecule has 0 spiro atoms. The summed E-state index contributed by atoms with van der Waals surface area (Å²) in [6, 6.07) is 0. The summed E-state index contributed by atoms with van der Waals surface area (Å²) in [5.74, 6) is 0.801. The summed E-state index contributed by atoms with van der Waals surface area (Å²) in [5, 5.41) is 0. The predicted octanol–water partition coefficient (Wildman–Crippen LogP) is 0.807. The minimum atomic E-state index is -0.0452. The second kappa shape index (κ2) is 6.89. The fourth-order valence-corrected chi connectivity index (χ4v) is 0.788. The summed E-state index contributed by atoms with van der Waals surface area (Å²) in [7, 11) is 0. The lowest BCUT2D eigenvalue weighted by Crippen LogP contribution is -2.23. The van der Waals surface area contributed by atoms with E-state index in [4.69, 9.17) is 0 Å². The van der Waals surface area contributed by atoms with E-state index < -0.39 is 0 Å². The predicted molar refractivity (Wildman–Crippen MR) is 42.8 cm³/mol. The number of thioether (sulfide) groups is 1. The molecular weight excluding hydrogens is 150 g/mol. The Hall–Kier alpha value is -0.220. The van der Waals surface area contributed by atoms with Gasteiger partial charge in [-0.1, -0.05) is 0 Å². The summed E-state index contributed by atoms with van der Waals surface area (Å²) in [5.41, 5.74) is 2.31. The van der Waals surface area contributed by atoms with Gasteiger partial charge in [-0.3, -0.25) is 9.63 Å². The van der Waals surface area contributed by atoms with E-state index in [9.17, 15) is 4.79 Å². The molecule has 0 aliphatic rings. The molecule has 0 fully saturated rings. The maximum Gasteiger partial charge on any atom is 0.244 e. The van der Waals surface area contributed by atoms with Crippen LogP contribution in [-0.4, -0.2) is 24.5 Å². The van der Waals surface area contributed by atoms with E-state index >= 15 is 0 Å². The van der Waals surface area contributed by atoms with Gasteiger partial charge in [-0.05, 0) is 13.2 Å². The molecule has 3 nitrogen and oxygen atoms in total. The van der Waals surface area contributed by atoms with Crippen LogP contribution in [-0.2, 0) is 9.63 Å². The topological polar surface area (TPSA) is 38.3 Å². The van der Waals surface area contributed by atoms with Gasteiger partial charge in [0.2, 0.25) is 5.91 Å². The normalized spacial score (nSPS) is 9.40. The van der Waals surface area contributed by atoms with Crippen molar-refractivity contribution in [3.63, 3.8) is 0 Å². The summed E-state index contributed by atoms with van der Waals surface area (Å²) >= 11 is 1.65. The van der Waals surface area contributed by atoms with Gasteiger partial charge >= 0.3 is 0 Å². The molecule has 0 rings (SSSR count). The third kappa shape index (κ3) is 5.91. The summed E-state index contributed by atoms with van der Waals surface area (Å²) in [6.45, 7) is 2.35. The van der Waals surface area contributed by atoms with Crippen LogP contribution in [0.5, 0.6) is 0 Å². The van der Waals surface area contributed by atoms with Crippen LogP contribution in [0.25, 0.3) is 0 Å². The van der Waals surface area contributed by atoms with E-state index in [0.717, 1.165) is 5.75 Å². The van der Waals surface area contributed by atoms with Crippen molar-refractivity contribution in [3.8, 4) is 0 Å². The molecule has 10 heavy (non-hydrogen) atoms. The van der Waals surface area contributed by atoms with Crippen LogP contribution in [0, 0.1) is 0 Å². The Morgan fingerprint density at radius 2 is 2.40 bits per heavy atom. The molecule has 4 heteroatoms. The fraction of sp³-hybridized carbons (Fsp3) is 0.833. The Balaban J connectivity index is 3.09. The van der Waals surface area contributed by atoms with E-state index in [1.807, 2.05) is 13.2 Å². The van der Waals surface area contributed by atoms with Crippen molar-refractivity contribution >= 4 is 17.7 Å². The zero-order valence-corrected chi connectivity index (χ0v) is 7.16. The largest absolute Gasteiger partial charge is 0.274 e. The first-order chi connectivity index (χ1) is 4.81. The van der Waals surface area contributed by atoms with Crippen LogP contribution in [0.15, 0.2) is 0 Å². The molecule has 0 aromatic heterocycles. The highest BCUT2D eigenvalue weighted by molar-refractivity contribution is 7.98. The van der Waals surface area contributed by atoms with Gasteiger partial charge < -0.3 is 0 Å². The van der Waals surface area contributed by atoms with Crippen LogP contribution < -0.4 is 5.48 Å². The minimum Gasteiger partial charge on any atom is -0.274 e. The number of hydrogen-bond donors (Lipinski definition) is 1. The number of amides is 1. The number of hydrogen-bond acceptors (Lipinski definition) is 3. The lowest BCUT2D eigenvalue weighted by Gasteiger charge is -2.01. The van der Waals surface area contributed by atoms with Gasteiger partial charge in [-0.15, -0.1) is 0 Å². The van der Waals surface area contributed by atoms with Crippen molar-refractivity contribution < 1.29 is 9.63 Å². The smallest absolute Gasteiger partial charge is 0.244 e. The van der Waals surface area contributed by atoms with Crippen LogP contribution in [0.3, 0.4) is 0 Å². The zero-order chi connectivity index (χ0) is 7.82. The molecule has 0 saturated carbocycles. The molecule has 0 aromatic carbocycles. The maximum atomic E-state index is 10.7. The van der Waals surface area contributed by atoms with E-state index in [2.05, 4.69) is 10.3 Å². The Bertz CT molecular complexity index is 87.7. The summed E-state index contributed by atoms with van der Waals surface area (Å²) < 4.78 is 0. The molecule has 1 N–H and O–H groups in total. The molecule has 0 aromatic rings. The average Bonchev–Trinajstić information content (AvgIpc) is 1.97. The number of rotatable bonds is 5. The van der Waals surface area contributed by atoms with Crippen molar-refractivity contribution in [1.82, 2.24) is 5.48 Å². The molecule has 0 heterocycles. The molecule has 0 saturated heterocycles. The van der Waals surface area contributed by atoms with Gasteiger partial charge in [-0.25, -0.2) is 5.48 Å². The maximum absolute atomic E-state index is 10.7. The molecule has 0 unspecified atom stereocenters. The number of carbonyl (C=O) groups excluding carboxylic acids is 1. The molecule has 0 atom stereocenters. The lowest BCUT2D eigenvalue weighted by molar-refractivity contribution is -0.132. The van der Waals surface area contributed by atoms with Crippen molar-refractivity contribution in [2.45, 2.75) is 13.3 Å². The minimum absolute atomic E-state index is 0.0452. The van der Waals surface area contributed by atoms with Crippen molar-refractivity contribution in [2.75, 3.05) is 18.6 Å². The van der Waals surface area contributed by atoms with Crippen molar-refractivity contribution in [1.29, 1.82) is 0 Å². The zero-order valence-electron chi connectivity index (χ0n) is 6.35. The van der Waals surface area contributed by atoms with Crippen LogP contribution in [0.2, 0.25) is 0 Å². The van der Waals surface area contributed by atoms with E-state index in [0.29, 0.717) is 13.0 Å². The fourth-order valence-electron chi connectivity index (χ4n) is 0.398. The first-order valence-corrected chi connectivity index (χ1v) is 4.60. The second-order valence-corrected chi connectivity index (χ2v) is 2.69. The van der Waals surface area contributed by atoms with Gasteiger partial charge in [0.25, 0.3) is 0 Å². The van der Waals surface area contributed by atoms with E-state index in [1.165, 1.54) is 0 Å². The Morgan fingerprint density at radius 3 is 2.90 bits per heavy atom. The number of carbonyl (C=O) groups is 1. The number of hydroxylamine groups is 1. The van der Waals surface area contributed by atoms with E-state index in [-0.39, 0.29) is 5.91 Å². The van der Waals surface area contributed by atoms with Crippen molar-refractivity contribution in [3.05, 3.63) is 0 Å². The number of nitrogens with one attached hydrogen (secondary N) is 1. The first-order valence-electron chi connectivity index (χ1n) is 3.20. The third-order valence-electron chi connectivity index (χ3n) is 0.864. The SMILES string of the molecule is CCONC(=O)CCSC. The Labute approximate surface area is 65.5 Å². The molecule has 0 radical (unpaired) electrons.